The van der Waals surface area contributed by atoms with Crippen LogP contribution in [0.3, 0.4) is 0 Å². The van der Waals surface area contributed by atoms with E-state index in [9.17, 15) is 4.79 Å². The van der Waals surface area contributed by atoms with Crippen molar-refractivity contribution in [2.24, 2.45) is 0 Å². The van der Waals surface area contributed by atoms with Crippen LogP contribution < -0.4 is 0 Å². The second-order valence-electron chi connectivity index (χ2n) is 3.97. The summed E-state index contributed by atoms with van der Waals surface area (Å²) in [6, 6.07) is 7.24. The number of carbonyl (C=O) groups is 1. The minimum atomic E-state index is 0.519. The molecule has 4 nitrogen and oxygen atoms in total. The second kappa shape index (κ2) is 4.31. The third-order valence-corrected chi connectivity index (χ3v) is 3.05. The van der Waals surface area contributed by atoms with Crippen LogP contribution >= 0.6 is 11.6 Å². The van der Waals surface area contributed by atoms with Gasteiger partial charge in [-0.2, -0.15) is 0 Å². The van der Waals surface area contributed by atoms with E-state index in [1.807, 2.05) is 16.7 Å². The number of hydrogen-bond donors (Lipinski definition) is 0. The Bertz CT molecular complexity index is 701. The number of fused-ring (bicyclic) bond motifs is 1. The zero-order chi connectivity index (χ0) is 12.5. The molecule has 0 aliphatic heterocycles. The number of halogens is 1. The molecule has 5 heteroatoms. The Balaban J connectivity index is 2.16. The Morgan fingerprint density at radius 2 is 2.28 bits per heavy atom. The summed E-state index contributed by atoms with van der Waals surface area (Å²) in [7, 11) is 0. The molecule has 90 valence electrons. The molecule has 0 fully saturated rings. The van der Waals surface area contributed by atoms with Gasteiger partial charge in [-0.15, -0.1) is 0 Å². The number of aldehydes is 1. The molecule has 0 amide bonds. The maximum absolute atomic E-state index is 11.0. The Kier molecular flexibility index (Phi) is 2.64. The summed E-state index contributed by atoms with van der Waals surface area (Å²) < 4.78 is 6.99. The Labute approximate surface area is 108 Å². The molecule has 0 aliphatic carbocycles. The van der Waals surface area contributed by atoms with Crippen molar-refractivity contribution in [1.29, 1.82) is 0 Å². The topological polar surface area (TPSA) is 48.0 Å². The molecule has 0 spiro atoms. The Hall–Kier alpha value is -2.07. The molecule has 3 rings (SSSR count). The molecular formula is C13H9ClN2O2. The van der Waals surface area contributed by atoms with Gasteiger partial charge in [-0.05, 0) is 12.1 Å². The van der Waals surface area contributed by atoms with Crippen LogP contribution in [0.1, 0.15) is 16.1 Å². The van der Waals surface area contributed by atoms with E-state index in [-0.39, 0.29) is 0 Å². The summed E-state index contributed by atoms with van der Waals surface area (Å²) in [4.78, 5) is 11.0. The predicted octanol–water partition coefficient (Wildman–Crippen LogP) is 3.14. The van der Waals surface area contributed by atoms with Crippen LogP contribution in [0.5, 0.6) is 0 Å². The fourth-order valence-corrected chi connectivity index (χ4v) is 2.18. The Morgan fingerprint density at radius 3 is 3.00 bits per heavy atom. The number of carbonyl (C=O) groups excluding carboxylic acids is 1. The fourth-order valence-electron chi connectivity index (χ4n) is 2.01. The highest BCUT2D eigenvalue weighted by molar-refractivity contribution is 6.31. The number of nitrogens with zero attached hydrogens (tertiary/aromatic N) is 2. The Morgan fingerprint density at radius 1 is 1.39 bits per heavy atom. The lowest BCUT2D eigenvalue weighted by molar-refractivity contribution is 0.112. The van der Waals surface area contributed by atoms with Gasteiger partial charge in [0.05, 0.1) is 18.3 Å². The van der Waals surface area contributed by atoms with Gasteiger partial charge in [-0.3, -0.25) is 4.79 Å². The minimum Gasteiger partial charge on any atom is -0.359 e. The summed E-state index contributed by atoms with van der Waals surface area (Å²) in [6.07, 6.45) is 4.22. The summed E-state index contributed by atoms with van der Waals surface area (Å²) in [5.41, 5.74) is 1.54. The predicted molar refractivity (Wildman–Crippen MR) is 67.9 cm³/mol. The van der Waals surface area contributed by atoms with Gasteiger partial charge < -0.3 is 9.09 Å². The summed E-state index contributed by atoms with van der Waals surface area (Å²) in [5.74, 6) is 0.726. The van der Waals surface area contributed by atoms with Crippen LogP contribution in [0, 0.1) is 0 Å². The molecule has 0 unspecified atom stereocenters. The van der Waals surface area contributed by atoms with Gasteiger partial charge in [-0.25, -0.2) is 0 Å². The van der Waals surface area contributed by atoms with Gasteiger partial charge in [0, 0.05) is 28.2 Å². The van der Waals surface area contributed by atoms with Crippen molar-refractivity contribution in [3.63, 3.8) is 0 Å². The standard InChI is InChI=1S/C13H9ClN2O2/c14-10-1-2-12-9(8-17)6-16(13(12)5-10)7-11-3-4-15-18-11/h1-6,8H,7H2. The number of aromatic nitrogens is 2. The lowest BCUT2D eigenvalue weighted by Crippen LogP contribution is -1.96. The van der Waals surface area contributed by atoms with Gasteiger partial charge in [-0.1, -0.05) is 22.8 Å². The van der Waals surface area contributed by atoms with Crippen molar-refractivity contribution in [2.75, 3.05) is 0 Å². The molecule has 3 aromatic rings. The van der Waals surface area contributed by atoms with Crippen molar-refractivity contribution in [3.8, 4) is 0 Å². The second-order valence-corrected chi connectivity index (χ2v) is 4.41. The maximum Gasteiger partial charge on any atom is 0.156 e. The van der Waals surface area contributed by atoms with E-state index >= 15 is 0 Å². The van der Waals surface area contributed by atoms with E-state index in [0.29, 0.717) is 17.1 Å². The molecule has 1 aromatic carbocycles. The lowest BCUT2D eigenvalue weighted by atomic mass is 10.2. The van der Waals surface area contributed by atoms with Crippen molar-refractivity contribution >= 4 is 28.8 Å². The highest BCUT2D eigenvalue weighted by atomic mass is 35.5. The van der Waals surface area contributed by atoms with Gasteiger partial charge in [0.15, 0.2) is 12.0 Å². The van der Waals surface area contributed by atoms with Crippen LogP contribution in [-0.2, 0) is 6.54 Å². The third-order valence-electron chi connectivity index (χ3n) is 2.82. The number of rotatable bonds is 3. The summed E-state index contributed by atoms with van der Waals surface area (Å²) in [6.45, 7) is 0.519. The zero-order valence-corrected chi connectivity index (χ0v) is 10.1. The van der Waals surface area contributed by atoms with Crippen LogP contribution in [0.15, 0.2) is 41.2 Å². The van der Waals surface area contributed by atoms with Gasteiger partial charge >= 0.3 is 0 Å². The van der Waals surface area contributed by atoms with Crippen LogP contribution in [-0.4, -0.2) is 16.0 Å². The molecule has 0 N–H and O–H groups in total. The number of benzene rings is 1. The average Bonchev–Trinajstić information content (AvgIpc) is 2.98. The van der Waals surface area contributed by atoms with E-state index in [0.717, 1.165) is 22.9 Å². The summed E-state index contributed by atoms with van der Waals surface area (Å²) in [5, 5.41) is 5.18. The van der Waals surface area contributed by atoms with Crippen LogP contribution in [0.25, 0.3) is 10.9 Å². The van der Waals surface area contributed by atoms with E-state index in [2.05, 4.69) is 5.16 Å². The van der Waals surface area contributed by atoms with E-state index in [1.165, 1.54) is 0 Å². The third kappa shape index (κ3) is 1.80. The molecule has 0 atom stereocenters. The molecule has 0 radical (unpaired) electrons. The van der Waals surface area contributed by atoms with Gasteiger partial charge in [0.2, 0.25) is 0 Å². The molecule has 2 heterocycles. The number of hydrogen-bond acceptors (Lipinski definition) is 3. The SMILES string of the molecule is O=Cc1cn(Cc2ccno2)c2cc(Cl)ccc12. The minimum absolute atomic E-state index is 0.519. The van der Waals surface area contributed by atoms with Crippen molar-refractivity contribution in [3.05, 3.63) is 53.0 Å². The molecule has 0 saturated carbocycles. The van der Waals surface area contributed by atoms with Gasteiger partial charge in [0.25, 0.3) is 0 Å². The molecular weight excluding hydrogens is 252 g/mol. The highest BCUT2D eigenvalue weighted by Crippen LogP contribution is 2.24. The molecule has 2 aromatic heterocycles. The molecule has 0 aliphatic rings. The zero-order valence-electron chi connectivity index (χ0n) is 9.34. The first-order valence-corrected chi connectivity index (χ1v) is 5.79. The van der Waals surface area contributed by atoms with Crippen molar-refractivity contribution in [1.82, 2.24) is 9.72 Å². The lowest BCUT2D eigenvalue weighted by Gasteiger charge is -2.02. The maximum atomic E-state index is 11.0. The normalized spacial score (nSPS) is 10.9. The van der Waals surface area contributed by atoms with Crippen LogP contribution in [0.4, 0.5) is 0 Å². The fraction of sp³-hybridized carbons (Fsp3) is 0.0769. The average molecular weight is 261 g/mol. The summed E-state index contributed by atoms with van der Waals surface area (Å²) >= 11 is 5.99. The first-order chi connectivity index (χ1) is 8.78. The van der Waals surface area contributed by atoms with Gasteiger partial charge in [0.1, 0.15) is 0 Å². The quantitative estimate of drug-likeness (QED) is 0.680. The van der Waals surface area contributed by atoms with E-state index in [1.54, 1.807) is 24.5 Å². The first-order valence-electron chi connectivity index (χ1n) is 5.41. The molecule has 0 saturated heterocycles. The smallest absolute Gasteiger partial charge is 0.156 e. The molecule has 0 bridgehead atoms. The monoisotopic (exact) mass is 260 g/mol. The largest absolute Gasteiger partial charge is 0.359 e. The van der Waals surface area contributed by atoms with Crippen LogP contribution in [0.2, 0.25) is 5.02 Å². The van der Waals surface area contributed by atoms with E-state index in [4.69, 9.17) is 16.1 Å². The highest BCUT2D eigenvalue weighted by Gasteiger charge is 2.10. The van der Waals surface area contributed by atoms with Crippen molar-refractivity contribution in [2.45, 2.75) is 6.54 Å². The first kappa shape index (κ1) is 11.0. The van der Waals surface area contributed by atoms with E-state index < -0.39 is 0 Å². The molecule has 18 heavy (non-hydrogen) atoms. The van der Waals surface area contributed by atoms with Crippen molar-refractivity contribution < 1.29 is 9.32 Å².